The first-order valence-corrected chi connectivity index (χ1v) is 6.32. The summed E-state index contributed by atoms with van der Waals surface area (Å²) in [4.78, 5) is 0. The topological polar surface area (TPSA) is 60.4 Å². The van der Waals surface area contributed by atoms with E-state index in [2.05, 4.69) is 0 Å². The van der Waals surface area contributed by atoms with E-state index in [0.717, 1.165) is 4.31 Å². The number of para-hydroxylation sites is 2. The van der Waals surface area contributed by atoms with Crippen molar-refractivity contribution in [2.45, 2.75) is 0 Å². The standard InChI is InChI=1S/C12H11NO3S.Li/c14-17(15,16)13(11-7-3-1-4-8-11)12-9-5-2-6-10-12;/h1-10H,(H,14,15,16);/q;+1/p-1. The summed E-state index contributed by atoms with van der Waals surface area (Å²) in [5.74, 6) is 0. The maximum absolute atomic E-state index is 11.3. The van der Waals surface area contributed by atoms with Crippen molar-refractivity contribution >= 4 is 21.7 Å². The van der Waals surface area contributed by atoms with E-state index >= 15 is 0 Å². The minimum absolute atomic E-state index is 0. The van der Waals surface area contributed by atoms with Crippen molar-refractivity contribution in [3.05, 3.63) is 60.7 Å². The van der Waals surface area contributed by atoms with Crippen LogP contribution < -0.4 is 23.2 Å². The van der Waals surface area contributed by atoms with Crippen molar-refractivity contribution in [1.29, 1.82) is 0 Å². The Morgan fingerprint density at radius 1 is 0.778 bits per heavy atom. The average molecular weight is 255 g/mol. The first-order chi connectivity index (χ1) is 8.09. The van der Waals surface area contributed by atoms with Gasteiger partial charge in [-0.05, 0) is 24.3 Å². The zero-order chi connectivity index (χ0) is 12.3. The van der Waals surface area contributed by atoms with Gasteiger partial charge in [-0.3, -0.25) is 0 Å². The van der Waals surface area contributed by atoms with E-state index in [0.29, 0.717) is 11.4 Å². The van der Waals surface area contributed by atoms with Crippen molar-refractivity contribution in [3.63, 3.8) is 0 Å². The van der Waals surface area contributed by atoms with E-state index in [1.165, 1.54) is 0 Å². The van der Waals surface area contributed by atoms with Gasteiger partial charge in [-0.1, -0.05) is 36.4 Å². The summed E-state index contributed by atoms with van der Waals surface area (Å²) >= 11 is 0. The maximum Gasteiger partial charge on any atom is 1.00 e. The van der Waals surface area contributed by atoms with Crippen LogP contribution in [0.25, 0.3) is 0 Å². The molecule has 0 atom stereocenters. The van der Waals surface area contributed by atoms with Gasteiger partial charge >= 0.3 is 18.9 Å². The SMILES string of the molecule is O=S(=O)([O-])N(c1ccccc1)c1ccccc1.[Li+]. The van der Waals surface area contributed by atoms with Crippen LogP contribution in [0.4, 0.5) is 11.4 Å². The summed E-state index contributed by atoms with van der Waals surface area (Å²) in [5.41, 5.74) is 0.655. The molecule has 18 heavy (non-hydrogen) atoms. The Balaban J connectivity index is 0.00000162. The molecule has 0 N–H and O–H groups in total. The first kappa shape index (κ1) is 14.8. The Morgan fingerprint density at radius 2 is 1.11 bits per heavy atom. The molecule has 0 unspecified atom stereocenters. The molecule has 2 rings (SSSR count). The Hall–Kier alpha value is -1.25. The molecule has 0 aromatic heterocycles. The molecular formula is C12H10LiNO3S. The van der Waals surface area contributed by atoms with Gasteiger partial charge in [0.25, 0.3) is 0 Å². The molecule has 0 saturated carbocycles. The molecule has 0 bridgehead atoms. The predicted molar refractivity (Wildman–Crippen MR) is 64.7 cm³/mol. The molecule has 6 heteroatoms. The molecule has 0 saturated heterocycles. The summed E-state index contributed by atoms with van der Waals surface area (Å²) in [6.45, 7) is 0. The minimum atomic E-state index is -4.59. The Labute approximate surface area is 118 Å². The van der Waals surface area contributed by atoms with Gasteiger partial charge in [0.1, 0.15) is 0 Å². The van der Waals surface area contributed by atoms with Gasteiger partial charge in [-0.15, -0.1) is 0 Å². The zero-order valence-electron chi connectivity index (χ0n) is 9.85. The molecule has 0 fully saturated rings. The summed E-state index contributed by atoms with van der Waals surface area (Å²) in [6.07, 6.45) is 0. The first-order valence-electron chi connectivity index (χ1n) is 4.95. The number of benzene rings is 2. The maximum atomic E-state index is 11.3. The van der Waals surface area contributed by atoms with Gasteiger partial charge in [0.05, 0.1) is 11.4 Å². The van der Waals surface area contributed by atoms with Crippen LogP contribution in [0.1, 0.15) is 0 Å². The van der Waals surface area contributed by atoms with E-state index in [-0.39, 0.29) is 18.9 Å². The molecule has 0 aliphatic carbocycles. The third kappa shape index (κ3) is 3.37. The Morgan fingerprint density at radius 3 is 1.39 bits per heavy atom. The van der Waals surface area contributed by atoms with Crippen LogP contribution in [0.15, 0.2) is 60.7 Å². The zero-order valence-corrected chi connectivity index (χ0v) is 10.7. The van der Waals surface area contributed by atoms with Crippen molar-refractivity contribution in [3.8, 4) is 0 Å². The van der Waals surface area contributed by atoms with E-state index in [4.69, 9.17) is 0 Å². The molecule has 4 nitrogen and oxygen atoms in total. The van der Waals surface area contributed by atoms with Crippen LogP contribution in [0.5, 0.6) is 0 Å². The molecule has 0 spiro atoms. The monoisotopic (exact) mass is 255 g/mol. The van der Waals surface area contributed by atoms with Gasteiger partial charge in [0.2, 0.25) is 0 Å². The van der Waals surface area contributed by atoms with Gasteiger partial charge in [-0.25, -0.2) is 12.7 Å². The molecule has 88 valence electrons. The second-order valence-corrected chi connectivity index (χ2v) is 4.61. The fourth-order valence-corrected chi connectivity index (χ4v) is 2.29. The van der Waals surface area contributed by atoms with Crippen LogP contribution in [0.3, 0.4) is 0 Å². The van der Waals surface area contributed by atoms with Gasteiger partial charge in [0.15, 0.2) is 10.3 Å². The third-order valence-electron chi connectivity index (χ3n) is 2.21. The second kappa shape index (κ2) is 6.07. The van der Waals surface area contributed by atoms with E-state index in [9.17, 15) is 13.0 Å². The molecule has 0 heterocycles. The smallest absolute Gasteiger partial charge is 0.731 e. The van der Waals surface area contributed by atoms with Crippen molar-refractivity contribution in [2.24, 2.45) is 0 Å². The molecule has 2 aromatic carbocycles. The minimum Gasteiger partial charge on any atom is -0.731 e. The average Bonchev–Trinajstić information content (AvgIpc) is 2.30. The summed E-state index contributed by atoms with van der Waals surface area (Å²) in [7, 11) is -4.59. The Kier molecular flexibility index (Phi) is 5.00. The summed E-state index contributed by atoms with van der Waals surface area (Å²) in [6, 6.07) is 16.5. The van der Waals surface area contributed by atoms with Crippen LogP contribution in [0, 0.1) is 0 Å². The van der Waals surface area contributed by atoms with Gasteiger partial charge in [0, 0.05) is 0 Å². The molecule has 0 amide bonds. The second-order valence-electron chi connectivity index (χ2n) is 3.39. The number of anilines is 2. The van der Waals surface area contributed by atoms with Crippen LogP contribution in [-0.2, 0) is 10.3 Å². The Bertz CT molecular complexity index is 548. The van der Waals surface area contributed by atoms with Crippen molar-refractivity contribution in [2.75, 3.05) is 4.31 Å². The fraction of sp³-hybridized carbons (Fsp3) is 0. The summed E-state index contributed by atoms with van der Waals surface area (Å²) < 4.78 is 34.7. The van der Waals surface area contributed by atoms with Crippen LogP contribution >= 0.6 is 0 Å². The molecule has 0 radical (unpaired) electrons. The predicted octanol–water partition coefficient (Wildman–Crippen LogP) is -0.711. The molecular weight excluding hydrogens is 245 g/mol. The van der Waals surface area contributed by atoms with Gasteiger partial charge < -0.3 is 4.55 Å². The quantitative estimate of drug-likeness (QED) is 0.537. The van der Waals surface area contributed by atoms with Crippen LogP contribution in [0.2, 0.25) is 0 Å². The van der Waals surface area contributed by atoms with Crippen molar-refractivity contribution < 1.29 is 31.8 Å². The normalized spacial score (nSPS) is 10.5. The molecule has 0 aliphatic rings. The van der Waals surface area contributed by atoms with E-state index in [1.807, 2.05) is 0 Å². The number of nitrogens with zero attached hydrogens (tertiary/aromatic N) is 1. The largest absolute Gasteiger partial charge is 1.00 e. The van der Waals surface area contributed by atoms with Crippen LogP contribution in [-0.4, -0.2) is 13.0 Å². The van der Waals surface area contributed by atoms with Crippen molar-refractivity contribution in [1.82, 2.24) is 0 Å². The summed E-state index contributed by atoms with van der Waals surface area (Å²) in [5, 5.41) is 0. The third-order valence-corrected chi connectivity index (χ3v) is 3.07. The number of rotatable bonds is 3. The van der Waals surface area contributed by atoms with Gasteiger partial charge in [-0.2, -0.15) is 0 Å². The fourth-order valence-electron chi connectivity index (χ4n) is 1.53. The molecule has 0 aliphatic heterocycles. The number of hydrogen-bond donors (Lipinski definition) is 0. The van der Waals surface area contributed by atoms with E-state index < -0.39 is 10.3 Å². The molecule has 2 aromatic rings. The van der Waals surface area contributed by atoms with E-state index in [1.54, 1.807) is 60.7 Å². The number of hydrogen-bond acceptors (Lipinski definition) is 3.